The summed E-state index contributed by atoms with van der Waals surface area (Å²) in [7, 11) is 0. The summed E-state index contributed by atoms with van der Waals surface area (Å²) in [4.78, 5) is 95.6. The normalized spacial score (nSPS) is 10.4. The molecule has 262 valence electrons. The maximum atomic E-state index is 12.6. The van der Waals surface area contributed by atoms with Crippen LogP contribution in [0.4, 0.5) is 0 Å². The number of carbonyl (C=O) groups is 8. The van der Waals surface area contributed by atoms with Gasteiger partial charge < -0.3 is 37.9 Å². The molecule has 0 aromatic heterocycles. The van der Waals surface area contributed by atoms with Gasteiger partial charge in [0.05, 0.1) is 12.8 Å². The van der Waals surface area contributed by atoms with Crippen molar-refractivity contribution < 1.29 is 76.3 Å². The SMILES string of the molecule is C=CC(=O)OCC(COC(=O)C=C)(COC(=O)C=C)COC(=O)CCC(=O)OCC(COC(=O)C=C)(COC(=O)C=C)COC(=O)C=C. The van der Waals surface area contributed by atoms with Crippen molar-refractivity contribution in [1.82, 2.24) is 0 Å². The van der Waals surface area contributed by atoms with Crippen LogP contribution < -0.4 is 0 Å². The molecule has 0 bridgehead atoms. The molecule has 0 aliphatic heterocycles. The Labute approximate surface area is 276 Å². The summed E-state index contributed by atoms with van der Waals surface area (Å²) in [6.45, 7) is 15.0. The summed E-state index contributed by atoms with van der Waals surface area (Å²) >= 11 is 0. The summed E-state index contributed by atoms with van der Waals surface area (Å²) in [5.74, 6) is -7.23. The molecule has 0 N–H and O–H groups in total. The summed E-state index contributed by atoms with van der Waals surface area (Å²) in [6, 6.07) is 0. The van der Waals surface area contributed by atoms with Crippen LogP contribution in [-0.4, -0.2) is 101 Å². The first-order valence-corrected chi connectivity index (χ1v) is 13.8. The average molecular weight is 679 g/mol. The van der Waals surface area contributed by atoms with Gasteiger partial charge in [-0.05, 0) is 0 Å². The van der Waals surface area contributed by atoms with E-state index in [2.05, 4.69) is 39.5 Å². The number of carbonyl (C=O) groups excluding carboxylic acids is 8. The lowest BCUT2D eigenvalue weighted by atomic mass is 9.92. The van der Waals surface area contributed by atoms with Gasteiger partial charge in [-0.1, -0.05) is 39.5 Å². The van der Waals surface area contributed by atoms with Gasteiger partial charge in [0.25, 0.3) is 0 Å². The number of rotatable bonds is 25. The van der Waals surface area contributed by atoms with Gasteiger partial charge in [-0.15, -0.1) is 0 Å². The first-order valence-electron chi connectivity index (χ1n) is 13.8. The van der Waals surface area contributed by atoms with Gasteiger partial charge in [-0.25, -0.2) is 28.8 Å². The van der Waals surface area contributed by atoms with Crippen molar-refractivity contribution in [3.8, 4) is 0 Å². The van der Waals surface area contributed by atoms with Crippen LogP contribution in [0.25, 0.3) is 0 Å². The molecule has 48 heavy (non-hydrogen) atoms. The Kier molecular flexibility index (Phi) is 19.9. The third-order valence-electron chi connectivity index (χ3n) is 5.74. The minimum atomic E-state index is -1.60. The molecule has 0 aliphatic rings. The minimum Gasteiger partial charge on any atom is -0.465 e. The summed E-state index contributed by atoms with van der Waals surface area (Å²) in [5, 5.41) is 0. The van der Waals surface area contributed by atoms with E-state index < -0.39 is 124 Å². The predicted octanol–water partition coefficient (Wildman–Crippen LogP) is 1.20. The van der Waals surface area contributed by atoms with Crippen LogP contribution in [0.15, 0.2) is 75.9 Å². The van der Waals surface area contributed by atoms with E-state index >= 15 is 0 Å². The molecule has 0 fully saturated rings. The first-order chi connectivity index (χ1) is 22.7. The highest BCUT2D eigenvalue weighted by Gasteiger charge is 2.39. The third-order valence-corrected chi connectivity index (χ3v) is 5.74. The second-order valence-electron chi connectivity index (χ2n) is 9.69. The highest BCUT2D eigenvalue weighted by Crippen LogP contribution is 2.23. The van der Waals surface area contributed by atoms with Crippen LogP contribution >= 0.6 is 0 Å². The number of ether oxygens (including phenoxy) is 8. The van der Waals surface area contributed by atoms with Crippen LogP contribution in [0, 0.1) is 10.8 Å². The van der Waals surface area contributed by atoms with Gasteiger partial charge in [0.15, 0.2) is 0 Å². The summed E-state index contributed by atoms with van der Waals surface area (Å²) in [6.07, 6.45) is 3.96. The van der Waals surface area contributed by atoms with E-state index in [1.165, 1.54) is 0 Å². The monoisotopic (exact) mass is 678 g/mol. The highest BCUT2D eigenvalue weighted by molar-refractivity contribution is 5.83. The molecular formula is C32H38O16. The van der Waals surface area contributed by atoms with Crippen molar-refractivity contribution in [2.75, 3.05) is 52.9 Å². The van der Waals surface area contributed by atoms with Crippen LogP contribution in [-0.2, 0) is 76.3 Å². The molecule has 16 heteroatoms. The molecule has 0 saturated carbocycles. The maximum absolute atomic E-state index is 12.6. The van der Waals surface area contributed by atoms with Crippen molar-refractivity contribution in [1.29, 1.82) is 0 Å². The van der Waals surface area contributed by atoms with Gasteiger partial charge in [-0.3, -0.25) is 9.59 Å². The highest BCUT2D eigenvalue weighted by atomic mass is 16.6. The quantitative estimate of drug-likeness (QED) is 0.0754. The van der Waals surface area contributed by atoms with E-state index in [9.17, 15) is 38.4 Å². The van der Waals surface area contributed by atoms with Crippen molar-refractivity contribution in [3.05, 3.63) is 75.9 Å². The Hall–Kier alpha value is -5.80. The Morgan fingerprint density at radius 3 is 0.667 bits per heavy atom. The molecule has 0 atom stereocenters. The lowest BCUT2D eigenvalue weighted by Crippen LogP contribution is -2.44. The summed E-state index contributed by atoms with van der Waals surface area (Å²) < 4.78 is 40.7. The lowest BCUT2D eigenvalue weighted by Gasteiger charge is -2.31. The molecular weight excluding hydrogens is 640 g/mol. The largest absolute Gasteiger partial charge is 0.465 e. The van der Waals surface area contributed by atoms with Crippen molar-refractivity contribution in [3.63, 3.8) is 0 Å². The molecule has 0 spiro atoms. The molecule has 0 radical (unpaired) electrons. The van der Waals surface area contributed by atoms with Crippen molar-refractivity contribution in [2.24, 2.45) is 10.8 Å². The summed E-state index contributed by atoms with van der Waals surface area (Å²) in [5.41, 5.74) is -3.19. The fraction of sp³-hybridized carbons (Fsp3) is 0.375. The van der Waals surface area contributed by atoms with E-state index in [-0.39, 0.29) is 0 Å². The Morgan fingerprint density at radius 1 is 0.333 bits per heavy atom. The van der Waals surface area contributed by atoms with Crippen LogP contribution in [0.3, 0.4) is 0 Å². The van der Waals surface area contributed by atoms with Gasteiger partial charge in [0, 0.05) is 36.5 Å². The van der Waals surface area contributed by atoms with E-state index in [1.54, 1.807) is 0 Å². The van der Waals surface area contributed by atoms with E-state index in [0.717, 1.165) is 36.5 Å². The second-order valence-corrected chi connectivity index (χ2v) is 9.69. The van der Waals surface area contributed by atoms with E-state index in [0.29, 0.717) is 0 Å². The van der Waals surface area contributed by atoms with Crippen LogP contribution in [0.1, 0.15) is 12.8 Å². The van der Waals surface area contributed by atoms with Crippen molar-refractivity contribution in [2.45, 2.75) is 12.8 Å². The van der Waals surface area contributed by atoms with E-state index in [4.69, 9.17) is 37.9 Å². The zero-order valence-electron chi connectivity index (χ0n) is 26.3. The van der Waals surface area contributed by atoms with Gasteiger partial charge in [-0.2, -0.15) is 0 Å². The molecule has 0 aromatic rings. The average Bonchev–Trinajstić information content (AvgIpc) is 3.11. The third kappa shape index (κ3) is 17.6. The number of hydrogen-bond acceptors (Lipinski definition) is 16. The van der Waals surface area contributed by atoms with Gasteiger partial charge in [0.2, 0.25) is 0 Å². The fourth-order valence-corrected chi connectivity index (χ4v) is 3.01. The first kappa shape index (κ1) is 42.2. The Morgan fingerprint density at radius 2 is 0.500 bits per heavy atom. The fourth-order valence-electron chi connectivity index (χ4n) is 3.01. The zero-order valence-corrected chi connectivity index (χ0v) is 26.3. The smallest absolute Gasteiger partial charge is 0.330 e. The van der Waals surface area contributed by atoms with Gasteiger partial charge >= 0.3 is 47.8 Å². The molecule has 0 amide bonds. The van der Waals surface area contributed by atoms with Crippen molar-refractivity contribution >= 4 is 47.8 Å². The maximum Gasteiger partial charge on any atom is 0.330 e. The number of esters is 8. The lowest BCUT2D eigenvalue weighted by molar-refractivity contribution is -0.171. The predicted molar refractivity (Wildman–Crippen MR) is 163 cm³/mol. The van der Waals surface area contributed by atoms with Crippen LogP contribution in [0.5, 0.6) is 0 Å². The molecule has 0 rings (SSSR count). The standard InChI is InChI=1S/C32H38O16/c1-7-23(33)41-15-31(16-42-24(34)8-2,17-43-25(35)9-3)21-47-29(39)13-14-30(40)48-22-32(18-44-26(36)10-4,19-45-27(37)11-5)20-46-28(38)12-6/h7-12H,1-6,13-22H2. The molecule has 16 nitrogen and oxygen atoms in total. The Balaban J connectivity index is 5.73. The molecule has 0 heterocycles. The molecule has 0 aliphatic carbocycles. The Bertz CT molecular complexity index is 1040. The van der Waals surface area contributed by atoms with Gasteiger partial charge in [0.1, 0.15) is 63.7 Å². The second kappa shape index (κ2) is 22.7. The zero-order chi connectivity index (χ0) is 36.6. The van der Waals surface area contributed by atoms with E-state index in [1.807, 2.05) is 0 Å². The van der Waals surface area contributed by atoms with Crippen LogP contribution in [0.2, 0.25) is 0 Å². The molecule has 0 unspecified atom stereocenters. The minimum absolute atomic E-state index is 0.560. The topological polar surface area (TPSA) is 210 Å². The molecule has 0 saturated heterocycles. The number of hydrogen-bond donors (Lipinski definition) is 0. The molecule has 0 aromatic carbocycles.